The topological polar surface area (TPSA) is 38.9 Å². The van der Waals surface area contributed by atoms with Crippen molar-refractivity contribution in [1.82, 2.24) is 9.97 Å². The van der Waals surface area contributed by atoms with Gasteiger partial charge in [-0.2, -0.15) is 0 Å². The highest BCUT2D eigenvalue weighted by Crippen LogP contribution is 2.39. The highest BCUT2D eigenvalue weighted by atomic mass is 19.1. The first-order chi connectivity index (χ1) is 11.7. The van der Waals surface area contributed by atoms with Crippen molar-refractivity contribution in [3.63, 3.8) is 0 Å². The summed E-state index contributed by atoms with van der Waals surface area (Å²) >= 11 is 0. The van der Waals surface area contributed by atoms with Crippen LogP contribution in [0.15, 0.2) is 41.1 Å². The average molecular weight is 324 g/mol. The molecule has 2 aromatic heterocycles. The third-order valence-electron chi connectivity index (χ3n) is 5.16. The van der Waals surface area contributed by atoms with E-state index in [1.807, 2.05) is 13.1 Å². The van der Waals surface area contributed by atoms with Gasteiger partial charge in [0, 0.05) is 18.0 Å². The molecule has 0 N–H and O–H groups in total. The average Bonchev–Trinajstić information content (AvgIpc) is 3.00. The lowest BCUT2D eigenvalue weighted by Crippen LogP contribution is -2.15. The van der Waals surface area contributed by atoms with E-state index in [4.69, 9.17) is 4.42 Å². The molecule has 0 atom stereocenters. The van der Waals surface area contributed by atoms with E-state index in [0.717, 1.165) is 54.7 Å². The minimum atomic E-state index is -0.190. The van der Waals surface area contributed by atoms with Crippen molar-refractivity contribution < 1.29 is 8.81 Å². The van der Waals surface area contributed by atoms with Crippen LogP contribution >= 0.6 is 0 Å². The van der Waals surface area contributed by atoms with Crippen molar-refractivity contribution in [2.75, 3.05) is 0 Å². The van der Waals surface area contributed by atoms with E-state index in [0.29, 0.717) is 11.8 Å². The standard InChI is InChI=1S/C20H21FN2O/c1-13-12-23-20(24-13)10-14-2-4-15(5-3-14)17-8-9-22-19-7-6-16(21)11-18(17)19/h6-9,11-12,14-15H,2-5,10H2,1H3. The molecule has 0 bridgehead atoms. The van der Waals surface area contributed by atoms with E-state index in [2.05, 4.69) is 16.0 Å². The zero-order valence-corrected chi connectivity index (χ0v) is 13.8. The Morgan fingerprint density at radius 1 is 1.12 bits per heavy atom. The van der Waals surface area contributed by atoms with Gasteiger partial charge in [-0.3, -0.25) is 4.98 Å². The van der Waals surface area contributed by atoms with Gasteiger partial charge in [-0.1, -0.05) is 0 Å². The lowest BCUT2D eigenvalue weighted by Gasteiger charge is -2.28. The van der Waals surface area contributed by atoms with Gasteiger partial charge in [0.25, 0.3) is 0 Å². The van der Waals surface area contributed by atoms with Gasteiger partial charge in [0.1, 0.15) is 11.6 Å². The second kappa shape index (κ2) is 6.34. The summed E-state index contributed by atoms with van der Waals surface area (Å²) in [6.45, 7) is 1.93. The highest BCUT2D eigenvalue weighted by Gasteiger charge is 2.25. The Hall–Kier alpha value is -2.23. The Kier molecular flexibility index (Phi) is 4.05. The number of nitrogens with zero attached hydrogens (tertiary/aromatic N) is 2. The van der Waals surface area contributed by atoms with E-state index in [1.165, 1.54) is 11.6 Å². The summed E-state index contributed by atoms with van der Waals surface area (Å²) in [6.07, 6.45) is 9.12. The van der Waals surface area contributed by atoms with Gasteiger partial charge in [0.15, 0.2) is 5.89 Å². The van der Waals surface area contributed by atoms with Gasteiger partial charge >= 0.3 is 0 Å². The predicted octanol–water partition coefficient (Wildman–Crippen LogP) is 5.19. The van der Waals surface area contributed by atoms with Gasteiger partial charge in [0.05, 0.1) is 11.7 Å². The van der Waals surface area contributed by atoms with Gasteiger partial charge < -0.3 is 4.42 Å². The van der Waals surface area contributed by atoms with Crippen LogP contribution in [0.25, 0.3) is 10.9 Å². The molecule has 0 saturated heterocycles. The third kappa shape index (κ3) is 3.05. The Labute approximate surface area is 140 Å². The smallest absolute Gasteiger partial charge is 0.194 e. The number of halogens is 1. The van der Waals surface area contributed by atoms with Crippen molar-refractivity contribution in [3.05, 3.63) is 59.7 Å². The molecule has 0 unspecified atom stereocenters. The van der Waals surface area contributed by atoms with Crippen molar-refractivity contribution in [2.24, 2.45) is 5.92 Å². The molecule has 1 fully saturated rings. The summed E-state index contributed by atoms with van der Waals surface area (Å²) in [5.74, 6) is 2.66. The minimum absolute atomic E-state index is 0.190. The molecule has 3 aromatic rings. The van der Waals surface area contributed by atoms with Crippen LogP contribution in [0, 0.1) is 18.7 Å². The summed E-state index contributed by atoms with van der Waals surface area (Å²) in [5, 5.41) is 0.962. The number of hydrogen-bond donors (Lipinski definition) is 0. The molecule has 0 radical (unpaired) electrons. The number of oxazole rings is 1. The number of benzene rings is 1. The first-order valence-corrected chi connectivity index (χ1v) is 8.64. The number of rotatable bonds is 3. The van der Waals surface area contributed by atoms with Gasteiger partial charge in [-0.05, 0) is 74.3 Å². The molecule has 0 amide bonds. The molecule has 0 aliphatic heterocycles. The van der Waals surface area contributed by atoms with Crippen molar-refractivity contribution in [2.45, 2.75) is 44.9 Å². The zero-order chi connectivity index (χ0) is 16.5. The maximum absolute atomic E-state index is 13.6. The third-order valence-corrected chi connectivity index (χ3v) is 5.16. The summed E-state index contributed by atoms with van der Waals surface area (Å²) in [5.41, 5.74) is 2.12. The van der Waals surface area contributed by atoms with Crippen LogP contribution in [0.4, 0.5) is 4.39 Å². The highest BCUT2D eigenvalue weighted by molar-refractivity contribution is 5.82. The summed E-state index contributed by atoms with van der Waals surface area (Å²) in [7, 11) is 0. The van der Waals surface area contributed by atoms with Gasteiger partial charge in [-0.15, -0.1) is 0 Å². The molecule has 124 valence electrons. The maximum Gasteiger partial charge on any atom is 0.194 e. The second-order valence-electron chi connectivity index (χ2n) is 6.85. The molecular formula is C20H21FN2O. The monoisotopic (exact) mass is 324 g/mol. The first kappa shape index (κ1) is 15.3. The maximum atomic E-state index is 13.6. The Morgan fingerprint density at radius 2 is 1.96 bits per heavy atom. The molecule has 1 aliphatic carbocycles. The molecule has 4 rings (SSSR count). The van der Waals surface area contributed by atoms with E-state index in [-0.39, 0.29) is 5.82 Å². The van der Waals surface area contributed by atoms with Crippen LogP contribution in [-0.2, 0) is 6.42 Å². The Morgan fingerprint density at radius 3 is 2.71 bits per heavy atom. The Balaban J connectivity index is 1.49. The second-order valence-corrected chi connectivity index (χ2v) is 6.85. The molecule has 24 heavy (non-hydrogen) atoms. The normalized spacial score (nSPS) is 21.2. The molecule has 0 spiro atoms. The fraction of sp³-hybridized carbons (Fsp3) is 0.400. The van der Waals surface area contributed by atoms with Crippen molar-refractivity contribution >= 4 is 10.9 Å². The summed E-state index contributed by atoms with van der Waals surface area (Å²) < 4.78 is 19.3. The van der Waals surface area contributed by atoms with E-state index in [9.17, 15) is 4.39 Å². The van der Waals surface area contributed by atoms with E-state index in [1.54, 1.807) is 18.3 Å². The van der Waals surface area contributed by atoms with Crippen molar-refractivity contribution in [1.29, 1.82) is 0 Å². The molecule has 2 heterocycles. The lowest BCUT2D eigenvalue weighted by molar-refractivity contribution is 0.303. The number of pyridine rings is 1. The molecule has 1 aliphatic rings. The first-order valence-electron chi connectivity index (χ1n) is 8.64. The summed E-state index contributed by atoms with van der Waals surface area (Å²) in [4.78, 5) is 8.68. The fourth-order valence-electron chi connectivity index (χ4n) is 3.92. The fourth-order valence-corrected chi connectivity index (χ4v) is 3.92. The summed E-state index contributed by atoms with van der Waals surface area (Å²) in [6, 6.07) is 6.93. The van der Waals surface area contributed by atoms with Crippen LogP contribution in [0.3, 0.4) is 0 Å². The van der Waals surface area contributed by atoms with Crippen LogP contribution in [0.1, 0.15) is 48.8 Å². The van der Waals surface area contributed by atoms with Crippen LogP contribution < -0.4 is 0 Å². The molecule has 1 aromatic carbocycles. The molecule has 3 nitrogen and oxygen atoms in total. The Bertz CT molecular complexity index is 850. The molecular weight excluding hydrogens is 303 g/mol. The number of hydrogen-bond acceptors (Lipinski definition) is 3. The van der Waals surface area contributed by atoms with Crippen LogP contribution in [0.5, 0.6) is 0 Å². The van der Waals surface area contributed by atoms with E-state index < -0.39 is 0 Å². The molecule has 4 heteroatoms. The quantitative estimate of drug-likeness (QED) is 0.666. The van der Waals surface area contributed by atoms with Crippen LogP contribution in [0.2, 0.25) is 0 Å². The van der Waals surface area contributed by atoms with E-state index >= 15 is 0 Å². The minimum Gasteiger partial charge on any atom is -0.446 e. The molecule has 1 saturated carbocycles. The predicted molar refractivity (Wildman–Crippen MR) is 91.3 cm³/mol. The van der Waals surface area contributed by atoms with Gasteiger partial charge in [-0.25, -0.2) is 9.37 Å². The van der Waals surface area contributed by atoms with Crippen molar-refractivity contribution in [3.8, 4) is 0 Å². The number of fused-ring (bicyclic) bond motifs is 1. The zero-order valence-electron chi connectivity index (χ0n) is 13.8. The lowest BCUT2D eigenvalue weighted by atomic mass is 9.77. The van der Waals surface area contributed by atoms with Crippen LogP contribution in [-0.4, -0.2) is 9.97 Å². The number of aromatic nitrogens is 2. The largest absolute Gasteiger partial charge is 0.446 e. The SMILES string of the molecule is Cc1cnc(CC2CCC(c3ccnc4ccc(F)cc34)CC2)o1. The number of aryl methyl sites for hydroxylation is 1. The van der Waals surface area contributed by atoms with Gasteiger partial charge in [0.2, 0.25) is 0 Å².